The molecule has 0 aromatic carbocycles. The molecule has 0 saturated heterocycles. The average Bonchev–Trinajstić information content (AvgIpc) is 2.40. The third kappa shape index (κ3) is 18.3. The van der Waals surface area contributed by atoms with Crippen LogP contribution >= 0.6 is 0 Å². The van der Waals surface area contributed by atoms with Crippen molar-refractivity contribution in [2.24, 2.45) is 0 Å². The van der Waals surface area contributed by atoms with Crippen LogP contribution in [0, 0.1) is 0 Å². The van der Waals surface area contributed by atoms with Crippen molar-refractivity contribution in [3.8, 4) is 0 Å². The molecule has 0 radical (unpaired) electrons. The van der Waals surface area contributed by atoms with Gasteiger partial charge in [0, 0.05) is 20.8 Å². The van der Waals surface area contributed by atoms with Crippen LogP contribution in [0.3, 0.4) is 0 Å². The van der Waals surface area contributed by atoms with Crippen LogP contribution in [0.15, 0.2) is 0 Å². The summed E-state index contributed by atoms with van der Waals surface area (Å²) in [5, 5.41) is 24.0. The molecule has 0 atom stereocenters. The fraction of sp³-hybridized carbons (Fsp3) is 0.750. The van der Waals surface area contributed by atoms with Crippen molar-refractivity contribution in [2.45, 2.75) is 33.0 Å². The Kier molecular flexibility index (Phi) is 13.7. The van der Waals surface area contributed by atoms with Crippen molar-refractivity contribution >= 4 is 17.9 Å². The van der Waals surface area contributed by atoms with Crippen molar-refractivity contribution in [2.75, 3.05) is 26.4 Å². The van der Waals surface area contributed by atoms with Crippen LogP contribution in [0.1, 0.15) is 20.8 Å². The van der Waals surface area contributed by atoms with E-state index in [9.17, 15) is 14.4 Å². The maximum absolute atomic E-state index is 10.6. The second kappa shape index (κ2) is 13.3. The molecular weight excluding hydrogens is 288 g/mol. The van der Waals surface area contributed by atoms with Gasteiger partial charge in [-0.2, -0.15) is 0 Å². The molecule has 21 heavy (non-hydrogen) atoms. The van der Waals surface area contributed by atoms with Crippen LogP contribution in [0.2, 0.25) is 0 Å². The second-order valence-corrected chi connectivity index (χ2v) is 3.86. The lowest BCUT2D eigenvalue weighted by molar-refractivity contribution is -0.163. The standard InChI is InChI=1S/C9H14O6.C3H8O3/c1-6(10)13-4-9(15-8(3)12)5-14-7(2)11;4-1-3(6)2-5/h9H,4-5H2,1-3H3;3-6H,1-2H2. The number of hydrogen-bond acceptors (Lipinski definition) is 9. The summed E-state index contributed by atoms with van der Waals surface area (Å²) in [6.07, 6.45) is -1.71. The molecule has 0 bridgehead atoms. The monoisotopic (exact) mass is 310 g/mol. The summed E-state index contributed by atoms with van der Waals surface area (Å²) >= 11 is 0. The highest BCUT2D eigenvalue weighted by Crippen LogP contribution is 1.97. The zero-order valence-corrected chi connectivity index (χ0v) is 12.3. The van der Waals surface area contributed by atoms with Crippen LogP contribution in [-0.2, 0) is 28.6 Å². The number of esters is 3. The fourth-order valence-electron chi connectivity index (χ4n) is 0.829. The van der Waals surface area contributed by atoms with E-state index in [0.717, 1.165) is 0 Å². The van der Waals surface area contributed by atoms with E-state index in [2.05, 4.69) is 9.47 Å². The Bertz CT molecular complexity index is 294. The number of rotatable bonds is 7. The van der Waals surface area contributed by atoms with Crippen molar-refractivity contribution in [3.05, 3.63) is 0 Å². The van der Waals surface area contributed by atoms with Gasteiger partial charge in [-0.15, -0.1) is 0 Å². The van der Waals surface area contributed by atoms with Crippen LogP contribution in [0.4, 0.5) is 0 Å². The molecule has 0 aliphatic heterocycles. The van der Waals surface area contributed by atoms with Crippen LogP contribution in [-0.4, -0.2) is 71.9 Å². The molecule has 0 fully saturated rings. The Balaban J connectivity index is 0. The molecular formula is C12H22O9. The molecule has 0 aliphatic rings. The van der Waals surface area contributed by atoms with Gasteiger partial charge in [0.1, 0.15) is 19.3 Å². The minimum atomic E-state index is -0.954. The third-order valence-corrected chi connectivity index (χ3v) is 1.70. The fourth-order valence-corrected chi connectivity index (χ4v) is 0.829. The Morgan fingerprint density at radius 2 is 1.24 bits per heavy atom. The van der Waals surface area contributed by atoms with Crippen LogP contribution < -0.4 is 0 Å². The number of carbonyl (C=O) groups is 3. The Hall–Kier alpha value is -1.71. The molecule has 0 heterocycles. The Morgan fingerprint density at radius 3 is 1.43 bits per heavy atom. The van der Waals surface area contributed by atoms with E-state index in [1.807, 2.05) is 0 Å². The molecule has 0 saturated carbocycles. The maximum Gasteiger partial charge on any atom is 0.303 e. The summed E-state index contributed by atoms with van der Waals surface area (Å²) in [5.41, 5.74) is 0. The maximum atomic E-state index is 10.6. The summed E-state index contributed by atoms with van der Waals surface area (Å²) < 4.78 is 14.0. The van der Waals surface area contributed by atoms with Gasteiger partial charge in [-0.05, 0) is 0 Å². The minimum absolute atomic E-state index is 0.123. The van der Waals surface area contributed by atoms with Crippen LogP contribution in [0.25, 0.3) is 0 Å². The lowest BCUT2D eigenvalue weighted by Gasteiger charge is -2.15. The quantitative estimate of drug-likeness (QED) is 0.373. The summed E-state index contributed by atoms with van der Waals surface area (Å²) in [6.45, 7) is 2.71. The van der Waals surface area contributed by atoms with E-state index in [1.165, 1.54) is 20.8 Å². The smallest absolute Gasteiger partial charge is 0.303 e. The Labute approximate surface area is 122 Å². The lowest BCUT2D eigenvalue weighted by atomic mass is 10.4. The molecule has 0 aliphatic carbocycles. The second-order valence-electron chi connectivity index (χ2n) is 3.86. The van der Waals surface area contributed by atoms with Gasteiger partial charge in [-0.3, -0.25) is 14.4 Å². The van der Waals surface area contributed by atoms with Gasteiger partial charge < -0.3 is 29.5 Å². The molecule has 3 N–H and O–H groups in total. The number of aliphatic hydroxyl groups excluding tert-OH is 3. The highest BCUT2D eigenvalue weighted by atomic mass is 16.6. The van der Waals surface area contributed by atoms with Gasteiger partial charge in [-0.1, -0.05) is 0 Å². The number of hydrogen-bond donors (Lipinski definition) is 3. The molecule has 0 aromatic heterocycles. The number of ether oxygens (including phenoxy) is 3. The summed E-state index contributed by atoms with van der Waals surface area (Å²) in [5.74, 6) is -1.51. The summed E-state index contributed by atoms with van der Waals surface area (Å²) in [6, 6.07) is 0. The van der Waals surface area contributed by atoms with E-state index >= 15 is 0 Å². The normalized spacial score (nSPS) is 9.71. The molecule has 0 aromatic rings. The first-order valence-electron chi connectivity index (χ1n) is 6.06. The predicted molar refractivity (Wildman–Crippen MR) is 69.0 cm³/mol. The molecule has 0 amide bonds. The molecule has 0 unspecified atom stereocenters. The van der Waals surface area contributed by atoms with E-state index in [0.29, 0.717) is 0 Å². The highest BCUT2D eigenvalue weighted by molar-refractivity contribution is 5.67. The molecule has 124 valence electrons. The molecule has 9 nitrogen and oxygen atoms in total. The Morgan fingerprint density at radius 1 is 0.857 bits per heavy atom. The van der Waals surface area contributed by atoms with E-state index in [-0.39, 0.29) is 26.4 Å². The SMILES string of the molecule is CC(=O)OCC(COC(C)=O)OC(C)=O.OCC(O)CO. The van der Waals surface area contributed by atoms with Crippen LogP contribution in [0.5, 0.6) is 0 Å². The predicted octanol–water partition coefficient (Wildman–Crippen LogP) is -1.62. The first-order valence-corrected chi connectivity index (χ1v) is 6.06. The lowest BCUT2D eigenvalue weighted by Crippen LogP contribution is -2.29. The van der Waals surface area contributed by atoms with E-state index < -0.39 is 30.1 Å². The topological polar surface area (TPSA) is 140 Å². The van der Waals surface area contributed by atoms with Crippen molar-refractivity contribution in [1.82, 2.24) is 0 Å². The molecule has 0 rings (SSSR count). The van der Waals surface area contributed by atoms with E-state index in [4.69, 9.17) is 20.1 Å². The van der Waals surface area contributed by atoms with Gasteiger partial charge >= 0.3 is 17.9 Å². The van der Waals surface area contributed by atoms with Gasteiger partial charge in [0.25, 0.3) is 0 Å². The summed E-state index contributed by atoms with van der Waals surface area (Å²) in [7, 11) is 0. The largest absolute Gasteiger partial charge is 0.462 e. The van der Waals surface area contributed by atoms with Crippen molar-refractivity contribution in [1.29, 1.82) is 0 Å². The summed E-state index contributed by atoms with van der Waals surface area (Å²) in [4.78, 5) is 31.6. The minimum Gasteiger partial charge on any atom is -0.462 e. The highest BCUT2D eigenvalue weighted by Gasteiger charge is 2.15. The van der Waals surface area contributed by atoms with E-state index in [1.54, 1.807) is 0 Å². The van der Waals surface area contributed by atoms with Gasteiger partial charge in [-0.25, -0.2) is 0 Å². The van der Waals surface area contributed by atoms with Gasteiger partial charge in [0.2, 0.25) is 0 Å². The third-order valence-electron chi connectivity index (χ3n) is 1.70. The van der Waals surface area contributed by atoms with Crippen molar-refractivity contribution < 1.29 is 43.9 Å². The zero-order valence-electron chi connectivity index (χ0n) is 12.3. The average molecular weight is 310 g/mol. The van der Waals surface area contributed by atoms with Crippen molar-refractivity contribution in [3.63, 3.8) is 0 Å². The first-order chi connectivity index (χ1) is 9.72. The first kappa shape index (κ1) is 21.6. The van der Waals surface area contributed by atoms with Gasteiger partial charge in [0.05, 0.1) is 13.2 Å². The molecule has 9 heteroatoms. The van der Waals surface area contributed by atoms with Gasteiger partial charge in [0.15, 0.2) is 6.10 Å². The number of aliphatic hydroxyl groups is 3. The zero-order chi connectivity index (χ0) is 16.8. The number of carbonyl (C=O) groups excluding carboxylic acids is 3. The molecule has 0 spiro atoms.